The lowest BCUT2D eigenvalue weighted by Gasteiger charge is -2.06. The van der Waals surface area contributed by atoms with Crippen molar-refractivity contribution in [3.63, 3.8) is 0 Å². The van der Waals surface area contributed by atoms with E-state index in [1.54, 1.807) is 0 Å². The highest BCUT2D eigenvalue weighted by molar-refractivity contribution is 4.53. The minimum atomic E-state index is -4.03. The maximum Gasteiger partial charge on any atom is 0.389 e. The predicted octanol–water partition coefficient (Wildman–Crippen LogP) is 1.96. The van der Waals surface area contributed by atoms with Gasteiger partial charge in [0.25, 0.3) is 0 Å². The molecule has 0 radical (unpaired) electrons. The molecule has 0 spiro atoms. The van der Waals surface area contributed by atoms with Crippen LogP contribution in [-0.4, -0.2) is 32.5 Å². The fraction of sp³-hybridized carbons (Fsp3) is 1.00. The molecule has 0 bridgehead atoms. The van der Waals surface area contributed by atoms with Crippen LogP contribution in [0.3, 0.4) is 0 Å². The van der Waals surface area contributed by atoms with Gasteiger partial charge in [-0.1, -0.05) is 0 Å². The molecule has 0 rings (SSSR count). The molecule has 0 amide bonds. The summed E-state index contributed by atoms with van der Waals surface area (Å²) < 4.78 is 39.9. The SMILES string of the molecule is CCOCCNCCCC(F)(F)F. The van der Waals surface area contributed by atoms with Crippen molar-refractivity contribution in [2.24, 2.45) is 0 Å². The van der Waals surface area contributed by atoms with Crippen molar-refractivity contribution >= 4 is 0 Å². The topological polar surface area (TPSA) is 21.3 Å². The van der Waals surface area contributed by atoms with Gasteiger partial charge in [-0.25, -0.2) is 0 Å². The monoisotopic (exact) mass is 199 g/mol. The Kier molecular flexibility index (Phi) is 6.99. The highest BCUT2D eigenvalue weighted by Crippen LogP contribution is 2.20. The van der Waals surface area contributed by atoms with Crippen LogP contribution in [0.2, 0.25) is 0 Å². The highest BCUT2D eigenvalue weighted by atomic mass is 19.4. The fourth-order valence-corrected chi connectivity index (χ4v) is 0.828. The first kappa shape index (κ1) is 12.7. The number of halogens is 3. The Labute approximate surface area is 76.5 Å². The molecule has 0 aliphatic carbocycles. The minimum absolute atomic E-state index is 0.135. The summed E-state index contributed by atoms with van der Waals surface area (Å²) in [6.07, 6.45) is -4.61. The average Bonchev–Trinajstić information content (AvgIpc) is 2.01. The van der Waals surface area contributed by atoms with Gasteiger partial charge in [-0.05, 0) is 19.9 Å². The molecule has 0 unspecified atom stereocenters. The summed E-state index contributed by atoms with van der Waals surface area (Å²) in [6.45, 7) is 4.09. The van der Waals surface area contributed by atoms with E-state index in [-0.39, 0.29) is 6.42 Å². The lowest BCUT2D eigenvalue weighted by atomic mass is 10.3. The second kappa shape index (κ2) is 7.15. The van der Waals surface area contributed by atoms with Crippen LogP contribution >= 0.6 is 0 Å². The van der Waals surface area contributed by atoms with Crippen LogP contribution < -0.4 is 5.32 Å². The van der Waals surface area contributed by atoms with E-state index >= 15 is 0 Å². The van der Waals surface area contributed by atoms with Crippen LogP contribution in [0.15, 0.2) is 0 Å². The van der Waals surface area contributed by atoms with Crippen LogP contribution in [-0.2, 0) is 4.74 Å². The maximum atomic E-state index is 11.6. The first-order chi connectivity index (χ1) is 6.06. The molecule has 13 heavy (non-hydrogen) atoms. The molecule has 0 saturated heterocycles. The third-order valence-electron chi connectivity index (χ3n) is 1.44. The second-order valence-electron chi connectivity index (χ2n) is 2.67. The Morgan fingerprint density at radius 2 is 1.92 bits per heavy atom. The van der Waals surface area contributed by atoms with Crippen molar-refractivity contribution in [1.82, 2.24) is 5.32 Å². The van der Waals surface area contributed by atoms with E-state index in [9.17, 15) is 13.2 Å². The van der Waals surface area contributed by atoms with Gasteiger partial charge < -0.3 is 10.1 Å². The van der Waals surface area contributed by atoms with Gasteiger partial charge in [0.1, 0.15) is 0 Å². The molecular formula is C8H16F3NO. The van der Waals surface area contributed by atoms with Gasteiger partial charge >= 0.3 is 6.18 Å². The first-order valence-corrected chi connectivity index (χ1v) is 4.41. The molecule has 0 fully saturated rings. The van der Waals surface area contributed by atoms with Crippen LogP contribution in [0.25, 0.3) is 0 Å². The quantitative estimate of drug-likeness (QED) is 0.633. The van der Waals surface area contributed by atoms with E-state index in [0.29, 0.717) is 26.3 Å². The molecule has 0 heterocycles. The molecular weight excluding hydrogens is 183 g/mol. The Bertz CT molecular complexity index is 116. The lowest BCUT2D eigenvalue weighted by Crippen LogP contribution is -2.22. The second-order valence-corrected chi connectivity index (χ2v) is 2.67. The maximum absolute atomic E-state index is 11.6. The normalized spacial score (nSPS) is 12.0. The fourth-order valence-electron chi connectivity index (χ4n) is 0.828. The summed E-state index contributed by atoms with van der Waals surface area (Å²) in [5.74, 6) is 0. The Morgan fingerprint density at radius 3 is 2.46 bits per heavy atom. The zero-order valence-electron chi connectivity index (χ0n) is 7.78. The van der Waals surface area contributed by atoms with Gasteiger partial charge in [0.05, 0.1) is 6.61 Å². The molecule has 0 aromatic rings. The smallest absolute Gasteiger partial charge is 0.380 e. The van der Waals surface area contributed by atoms with Crippen LogP contribution in [0.1, 0.15) is 19.8 Å². The largest absolute Gasteiger partial charge is 0.389 e. The van der Waals surface area contributed by atoms with Gasteiger partial charge in [-0.3, -0.25) is 0 Å². The zero-order chi connectivity index (χ0) is 10.2. The molecule has 0 atom stereocenters. The van der Waals surface area contributed by atoms with Crippen molar-refractivity contribution in [3.05, 3.63) is 0 Å². The molecule has 0 saturated carbocycles. The van der Waals surface area contributed by atoms with Gasteiger partial charge in [0.15, 0.2) is 0 Å². The minimum Gasteiger partial charge on any atom is -0.380 e. The van der Waals surface area contributed by atoms with Crippen LogP contribution in [0, 0.1) is 0 Å². The predicted molar refractivity (Wildman–Crippen MR) is 44.7 cm³/mol. The Morgan fingerprint density at radius 1 is 1.23 bits per heavy atom. The van der Waals surface area contributed by atoms with E-state index in [1.807, 2.05) is 6.92 Å². The summed E-state index contributed by atoms with van der Waals surface area (Å²) in [6, 6.07) is 0. The number of ether oxygens (including phenoxy) is 1. The lowest BCUT2D eigenvalue weighted by molar-refractivity contribution is -0.135. The van der Waals surface area contributed by atoms with Crippen molar-refractivity contribution in [1.29, 1.82) is 0 Å². The number of alkyl halides is 3. The molecule has 0 aromatic heterocycles. The standard InChI is InChI=1S/C8H16F3NO/c1-2-13-7-6-12-5-3-4-8(9,10)11/h12H,2-7H2,1H3. The summed E-state index contributed by atoms with van der Waals surface area (Å²) in [5.41, 5.74) is 0. The average molecular weight is 199 g/mol. The number of hydrogen-bond donors (Lipinski definition) is 1. The number of hydrogen-bond acceptors (Lipinski definition) is 2. The van der Waals surface area contributed by atoms with Crippen molar-refractivity contribution in [2.45, 2.75) is 25.9 Å². The molecule has 80 valence electrons. The van der Waals surface area contributed by atoms with Crippen LogP contribution in [0.5, 0.6) is 0 Å². The molecule has 0 aromatic carbocycles. The Balaban J connectivity index is 3.00. The first-order valence-electron chi connectivity index (χ1n) is 4.41. The third-order valence-corrected chi connectivity index (χ3v) is 1.44. The molecule has 2 nitrogen and oxygen atoms in total. The van der Waals surface area contributed by atoms with Gasteiger partial charge in [-0.2, -0.15) is 13.2 Å². The molecule has 5 heteroatoms. The summed E-state index contributed by atoms with van der Waals surface area (Å²) in [4.78, 5) is 0. The van der Waals surface area contributed by atoms with Crippen LogP contribution in [0.4, 0.5) is 13.2 Å². The van der Waals surface area contributed by atoms with Gasteiger partial charge in [0.2, 0.25) is 0 Å². The molecule has 0 aliphatic rings. The van der Waals surface area contributed by atoms with E-state index in [0.717, 1.165) is 0 Å². The van der Waals surface area contributed by atoms with E-state index in [1.165, 1.54) is 0 Å². The summed E-state index contributed by atoms with van der Waals surface area (Å²) in [5, 5.41) is 2.87. The summed E-state index contributed by atoms with van der Waals surface area (Å²) in [7, 11) is 0. The van der Waals surface area contributed by atoms with Crippen molar-refractivity contribution in [3.8, 4) is 0 Å². The highest BCUT2D eigenvalue weighted by Gasteiger charge is 2.25. The molecule has 1 N–H and O–H groups in total. The third kappa shape index (κ3) is 11.7. The van der Waals surface area contributed by atoms with Gasteiger partial charge in [-0.15, -0.1) is 0 Å². The van der Waals surface area contributed by atoms with E-state index in [4.69, 9.17) is 4.74 Å². The molecule has 0 aliphatic heterocycles. The van der Waals surface area contributed by atoms with Crippen molar-refractivity contribution < 1.29 is 17.9 Å². The Hall–Kier alpha value is -0.290. The van der Waals surface area contributed by atoms with E-state index < -0.39 is 12.6 Å². The number of rotatable bonds is 7. The van der Waals surface area contributed by atoms with Crippen molar-refractivity contribution in [2.75, 3.05) is 26.3 Å². The van der Waals surface area contributed by atoms with E-state index in [2.05, 4.69) is 5.32 Å². The zero-order valence-corrected chi connectivity index (χ0v) is 7.78. The summed E-state index contributed by atoms with van der Waals surface area (Å²) >= 11 is 0. The number of nitrogens with one attached hydrogen (secondary N) is 1. The van der Waals surface area contributed by atoms with Gasteiger partial charge in [0, 0.05) is 19.6 Å².